The Bertz CT molecular complexity index is 574. The lowest BCUT2D eigenvalue weighted by atomic mass is 10.2. The van der Waals surface area contributed by atoms with E-state index in [2.05, 4.69) is 24.2 Å². The van der Waals surface area contributed by atoms with Crippen LogP contribution in [0.15, 0.2) is 58.8 Å². The van der Waals surface area contributed by atoms with Gasteiger partial charge in [-0.25, -0.2) is 0 Å². The van der Waals surface area contributed by atoms with Crippen LogP contribution in [0.3, 0.4) is 0 Å². The summed E-state index contributed by atoms with van der Waals surface area (Å²) in [5.41, 5.74) is 4.50. The second kappa shape index (κ2) is 9.41. The van der Waals surface area contributed by atoms with Crippen LogP contribution in [-0.4, -0.2) is 25.6 Å². The average molecular weight is 310 g/mol. The Kier molecular flexibility index (Phi) is 6.85. The van der Waals surface area contributed by atoms with Gasteiger partial charge in [0, 0.05) is 6.42 Å². The van der Waals surface area contributed by atoms with E-state index in [-0.39, 0.29) is 0 Å². The van der Waals surface area contributed by atoms with Gasteiger partial charge in [0.25, 0.3) is 0 Å². The molecule has 0 aromatic heterocycles. The molecule has 0 unspecified atom stereocenters. The highest BCUT2D eigenvalue weighted by atomic mass is 16.6. The van der Waals surface area contributed by atoms with E-state index in [1.165, 1.54) is 11.1 Å². The fourth-order valence-corrected chi connectivity index (χ4v) is 1.79. The first kappa shape index (κ1) is 16.7. The summed E-state index contributed by atoms with van der Waals surface area (Å²) >= 11 is 0. The van der Waals surface area contributed by atoms with Gasteiger partial charge in [-0.1, -0.05) is 70.0 Å². The van der Waals surface area contributed by atoms with E-state index in [1.807, 2.05) is 48.5 Å². The summed E-state index contributed by atoms with van der Waals surface area (Å²) in [5, 5.41) is 7.85. The van der Waals surface area contributed by atoms with Crippen LogP contribution in [-0.2, 0) is 9.68 Å². The molecule has 2 aromatic carbocycles. The van der Waals surface area contributed by atoms with E-state index in [1.54, 1.807) is 12.4 Å². The predicted molar refractivity (Wildman–Crippen MR) is 94.1 cm³/mol. The molecule has 0 fully saturated rings. The Morgan fingerprint density at radius 3 is 1.48 bits per heavy atom. The maximum atomic E-state index is 5.18. The molecule has 0 radical (unpaired) electrons. The van der Waals surface area contributed by atoms with Crippen molar-refractivity contribution < 1.29 is 9.68 Å². The lowest BCUT2D eigenvalue weighted by Crippen LogP contribution is -1.95. The van der Waals surface area contributed by atoms with Crippen molar-refractivity contribution in [3.8, 4) is 0 Å². The van der Waals surface area contributed by atoms with Gasteiger partial charge >= 0.3 is 0 Å². The molecule has 0 aliphatic rings. The van der Waals surface area contributed by atoms with Crippen molar-refractivity contribution in [3.63, 3.8) is 0 Å². The monoisotopic (exact) mass is 310 g/mol. The minimum Gasteiger partial charge on any atom is -0.396 e. The largest absolute Gasteiger partial charge is 0.396 e. The van der Waals surface area contributed by atoms with Crippen LogP contribution in [0.2, 0.25) is 0 Å². The Hall–Kier alpha value is -2.62. The summed E-state index contributed by atoms with van der Waals surface area (Å²) in [4.78, 5) is 10.4. The average Bonchev–Trinajstić information content (AvgIpc) is 2.56. The van der Waals surface area contributed by atoms with E-state index in [0.29, 0.717) is 13.2 Å². The van der Waals surface area contributed by atoms with Gasteiger partial charge in [-0.2, -0.15) is 0 Å². The molecule has 0 heterocycles. The van der Waals surface area contributed by atoms with Gasteiger partial charge in [0.2, 0.25) is 0 Å². The van der Waals surface area contributed by atoms with E-state index >= 15 is 0 Å². The van der Waals surface area contributed by atoms with Gasteiger partial charge in [0.05, 0.1) is 12.4 Å². The third kappa shape index (κ3) is 6.78. The maximum Gasteiger partial charge on any atom is 0.120 e. The molecule has 0 spiro atoms. The molecule has 4 nitrogen and oxygen atoms in total. The minimum absolute atomic E-state index is 0.502. The molecule has 2 rings (SSSR count). The number of aryl methyl sites for hydroxylation is 2. The Labute approximate surface area is 137 Å². The number of nitrogens with zero attached hydrogens (tertiary/aromatic N) is 2. The van der Waals surface area contributed by atoms with Crippen molar-refractivity contribution in [2.24, 2.45) is 10.3 Å². The molecule has 0 saturated heterocycles. The molecule has 23 heavy (non-hydrogen) atoms. The lowest BCUT2D eigenvalue weighted by molar-refractivity contribution is 0.0914. The third-order valence-corrected chi connectivity index (χ3v) is 3.18. The van der Waals surface area contributed by atoms with Gasteiger partial charge in [-0.3, -0.25) is 0 Å². The zero-order valence-corrected chi connectivity index (χ0v) is 13.6. The van der Waals surface area contributed by atoms with E-state index in [9.17, 15) is 0 Å². The Balaban J connectivity index is 1.55. The molecule has 0 bridgehead atoms. The topological polar surface area (TPSA) is 43.2 Å². The molecular weight excluding hydrogens is 288 g/mol. The molecular formula is C19H22N2O2. The number of oxime groups is 2. The Morgan fingerprint density at radius 2 is 1.09 bits per heavy atom. The number of rotatable bonds is 8. The van der Waals surface area contributed by atoms with Gasteiger partial charge < -0.3 is 9.68 Å². The zero-order valence-electron chi connectivity index (χ0n) is 13.6. The number of hydrogen-bond acceptors (Lipinski definition) is 4. The van der Waals surface area contributed by atoms with E-state index in [0.717, 1.165) is 17.5 Å². The first-order valence-corrected chi connectivity index (χ1v) is 7.68. The Morgan fingerprint density at radius 1 is 0.696 bits per heavy atom. The van der Waals surface area contributed by atoms with Crippen molar-refractivity contribution in [3.05, 3.63) is 70.8 Å². The highest BCUT2D eigenvalue weighted by Crippen LogP contribution is 2.01. The lowest BCUT2D eigenvalue weighted by Gasteiger charge is -1.99. The van der Waals surface area contributed by atoms with Crippen LogP contribution in [0, 0.1) is 13.8 Å². The van der Waals surface area contributed by atoms with Gasteiger partial charge in [-0.15, -0.1) is 0 Å². The summed E-state index contributed by atoms with van der Waals surface area (Å²) in [6.45, 7) is 5.11. The van der Waals surface area contributed by atoms with Gasteiger partial charge in [0.15, 0.2) is 0 Å². The van der Waals surface area contributed by atoms with Crippen molar-refractivity contribution >= 4 is 12.4 Å². The van der Waals surface area contributed by atoms with Gasteiger partial charge in [-0.05, 0) is 25.0 Å². The molecule has 0 saturated carbocycles. The third-order valence-electron chi connectivity index (χ3n) is 3.18. The van der Waals surface area contributed by atoms with Crippen molar-refractivity contribution in [1.82, 2.24) is 0 Å². The minimum atomic E-state index is 0.502. The summed E-state index contributed by atoms with van der Waals surface area (Å²) in [6, 6.07) is 16.2. The predicted octanol–water partition coefficient (Wildman–Crippen LogP) is 4.09. The molecule has 0 amide bonds. The fraction of sp³-hybridized carbons (Fsp3) is 0.263. The maximum absolute atomic E-state index is 5.18. The smallest absolute Gasteiger partial charge is 0.120 e. The summed E-state index contributed by atoms with van der Waals surface area (Å²) in [5.74, 6) is 0. The SMILES string of the molecule is Cc1ccc(/C=N/OCCCO/N=C/c2ccc(C)cc2)cc1. The zero-order chi connectivity index (χ0) is 16.3. The molecule has 120 valence electrons. The summed E-state index contributed by atoms with van der Waals surface area (Å²) in [6.07, 6.45) is 4.14. The van der Waals surface area contributed by atoms with Crippen LogP contribution in [0.4, 0.5) is 0 Å². The fourth-order valence-electron chi connectivity index (χ4n) is 1.79. The van der Waals surface area contributed by atoms with Gasteiger partial charge in [0.1, 0.15) is 13.2 Å². The van der Waals surface area contributed by atoms with Crippen molar-refractivity contribution in [1.29, 1.82) is 0 Å². The first-order chi connectivity index (χ1) is 11.2. The molecule has 0 aliphatic carbocycles. The molecule has 0 N–H and O–H groups in total. The molecule has 0 atom stereocenters. The standard InChI is InChI=1S/C19H22N2O2/c1-16-4-8-18(9-5-16)14-20-22-12-3-13-23-21-15-19-10-6-17(2)7-11-19/h4-11,14-15H,3,12-13H2,1-2H3/b20-14+,21-15+. The normalized spacial score (nSPS) is 11.2. The first-order valence-electron chi connectivity index (χ1n) is 7.68. The molecule has 4 heteroatoms. The van der Waals surface area contributed by atoms with E-state index < -0.39 is 0 Å². The second-order valence-electron chi connectivity index (χ2n) is 5.31. The molecule has 0 aliphatic heterocycles. The van der Waals surface area contributed by atoms with Crippen LogP contribution in [0.5, 0.6) is 0 Å². The van der Waals surface area contributed by atoms with Crippen LogP contribution in [0.1, 0.15) is 28.7 Å². The van der Waals surface area contributed by atoms with Crippen LogP contribution in [0.25, 0.3) is 0 Å². The summed E-state index contributed by atoms with van der Waals surface area (Å²) < 4.78 is 0. The quantitative estimate of drug-likeness (QED) is 0.418. The highest BCUT2D eigenvalue weighted by Gasteiger charge is 1.90. The second-order valence-corrected chi connectivity index (χ2v) is 5.31. The van der Waals surface area contributed by atoms with Crippen LogP contribution >= 0.6 is 0 Å². The summed E-state index contributed by atoms with van der Waals surface area (Å²) in [7, 11) is 0. The highest BCUT2D eigenvalue weighted by molar-refractivity contribution is 5.79. The molecule has 2 aromatic rings. The van der Waals surface area contributed by atoms with Crippen LogP contribution < -0.4 is 0 Å². The van der Waals surface area contributed by atoms with Crippen molar-refractivity contribution in [2.45, 2.75) is 20.3 Å². The van der Waals surface area contributed by atoms with Crippen molar-refractivity contribution in [2.75, 3.05) is 13.2 Å². The van der Waals surface area contributed by atoms with E-state index in [4.69, 9.17) is 9.68 Å². The number of hydrogen-bond donors (Lipinski definition) is 0. The number of benzene rings is 2.